The molecule has 0 aliphatic carbocycles. The van der Waals surface area contributed by atoms with Gasteiger partial charge < -0.3 is 5.11 Å². The van der Waals surface area contributed by atoms with Gasteiger partial charge >= 0.3 is 0 Å². The second-order valence-corrected chi connectivity index (χ2v) is 2.66. The number of hydrazine groups is 1. The minimum atomic E-state index is -0.455. The monoisotopic (exact) mass is 144 g/mol. The van der Waals surface area contributed by atoms with Gasteiger partial charge in [-0.1, -0.05) is 0 Å². The van der Waals surface area contributed by atoms with Gasteiger partial charge in [0.2, 0.25) is 5.91 Å². The van der Waals surface area contributed by atoms with Crippen LogP contribution in [-0.4, -0.2) is 35.2 Å². The van der Waals surface area contributed by atoms with Gasteiger partial charge in [-0.15, -0.1) is 0 Å². The normalized spacial score (nSPS) is 30.3. The number of hydrogen-bond donors (Lipinski definition) is 2. The van der Waals surface area contributed by atoms with Gasteiger partial charge in [-0.25, -0.2) is 5.01 Å². The van der Waals surface area contributed by atoms with Crippen LogP contribution in [0.1, 0.15) is 13.3 Å². The van der Waals surface area contributed by atoms with E-state index in [-0.39, 0.29) is 11.9 Å². The first kappa shape index (κ1) is 7.50. The largest absolute Gasteiger partial charge is 0.392 e. The minimum absolute atomic E-state index is 0.0200. The molecule has 1 amide bonds. The minimum Gasteiger partial charge on any atom is -0.392 e. The van der Waals surface area contributed by atoms with Crippen molar-refractivity contribution in [2.75, 3.05) is 7.05 Å². The Kier molecular flexibility index (Phi) is 1.92. The molecule has 0 bridgehead atoms. The molecule has 2 N–H and O–H groups in total. The number of aliphatic hydroxyl groups excluding tert-OH is 1. The number of nitrogens with one attached hydrogen (secondary N) is 1. The van der Waals surface area contributed by atoms with Crippen molar-refractivity contribution in [3.8, 4) is 0 Å². The zero-order chi connectivity index (χ0) is 7.72. The lowest BCUT2D eigenvalue weighted by molar-refractivity contribution is -0.120. The maximum absolute atomic E-state index is 10.7. The van der Waals surface area contributed by atoms with Crippen molar-refractivity contribution in [1.29, 1.82) is 0 Å². The molecular formula is C6H12N2O2. The van der Waals surface area contributed by atoms with Crippen molar-refractivity contribution in [2.24, 2.45) is 0 Å². The summed E-state index contributed by atoms with van der Waals surface area (Å²) in [5.74, 6) is -0.0200. The number of carbonyl (C=O) groups excluding carboxylic acids is 1. The summed E-state index contributed by atoms with van der Waals surface area (Å²) in [5, 5.41) is 10.8. The molecule has 0 spiro atoms. The highest BCUT2D eigenvalue weighted by Gasteiger charge is 2.30. The van der Waals surface area contributed by atoms with E-state index in [9.17, 15) is 4.79 Å². The SMILES string of the molecule is CC(O)C1CC(=O)NN1C. The van der Waals surface area contributed by atoms with Crippen LogP contribution in [0, 0.1) is 0 Å². The Labute approximate surface area is 59.8 Å². The highest BCUT2D eigenvalue weighted by Crippen LogP contribution is 2.10. The second kappa shape index (κ2) is 2.56. The van der Waals surface area contributed by atoms with Crippen LogP contribution in [0.5, 0.6) is 0 Å². The van der Waals surface area contributed by atoms with Crippen molar-refractivity contribution < 1.29 is 9.90 Å². The lowest BCUT2D eigenvalue weighted by atomic mass is 10.1. The molecule has 0 aromatic heterocycles. The Hall–Kier alpha value is -0.610. The van der Waals surface area contributed by atoms with E-state index in [1.54, 1.807) is 19.0 Å². The van der Waals surface area contributed by atoms with Crippen LogP contribution in [0.25, 0.3) is 0 Å². The third-order valence-corrected chi connectivity index (χ3v) is 1.75. The van der Waals surface area contributed by atoms with Crippen LogP contribution < -0.4 is 5.43 Å². The van der Waals surface area contributed by atoms with Gasteiger partial charge in [0.25, 0.3) is 0 Å². The number of rotatable bonds is 1. The van der Waals surface area contributed by atoms with Crippen molar-refractivity contribution in [3.63, 3.8) is 0 Å². The van der Waals surface area contributed by atoms with Gasteiger partial charge in [-0.2, -0.15) is 0 Å². The Balaban J connectivity index is 2.54. The smallest absolute Gasteiger partial charge is 0.236 e. The van der Waals surface area contributed by atoms with Crippen LogP contribution in [0.3, 0.4) is 0 Å². The van der Waals surface area contributed by atoms with Crippen molar-refractivity contribution in [1.82, 2.24) is 10.4 Å². The second-order valence-electron chi connectivity index (χ2n) is 2.66. The Morgan fingerprint density at radius 1 is 1.90 bits per heavy atom. The number of aliphatic hydroxyl groups is 1. The molecule has 1 fully saturated rings. The summed E-state index contributed by atoms with van der Waals surface area (Å²) in [6, 6.07) is -0.0625. The molecule has 1 aliphatic heterocycles. The first-order chi connectivity index (χ1) is 4.61. The van der Waals surface area contributed by atoms with Crippen LogP contribution in [0.2, 0.25) is 0 Å². The van der Waals surface area contributed by atoms with Crippen LogP contribution in [0.15, 0.2) is 0 Å². The first-order valence-corrected chi connectivity index (χ1v) is 3.31. The molecule has 1 saturated heterocycles. The van der Waals surface area contributed by atoms with Crippen LogP contribution in [0.4, 0.5) is 0 Å². The molecule has 4 heteroatoms. The van der Waals surface area contributed by atoms with Gasteiger partial charge in [0.05, 0.1) is 12.1 Å². The lowest BCUT2D eigenvalue weighted by Gasteiger charge is -2.19. The quantitative estimate of drug-likeness (QED) is 0.501. The van der Waals surface area contributed by atoms with E-state index in [1.807, 2.05) is 0 Å². The van der Waals surface area contributed by atoms with E-state index in [2.05, 4.69) is 5.43 Å². The lowest BCUT2D eigenvalue weighted by Crippen LogP contribution is -2.39. The Morgan fingerprint density at radius 3 is 2.70 bits per heavy atom. The standard InChI is InChI=1S/C6H12N2O2/c1-4(9)5-3-6(10)7-8(5)2/h4-5,9H,3H2,1-2H3,(H,7,10). The van der Waals surface area contributed by atoms with Gasteiger partial charge in [-0.3, -0.25) is 10.2 Å². The molecule has 10 heavy (non-hydrogen) atoms. The third kappa shape index (κ3) is 1.27. The van der Waals surface area contributed by atoms with E-state index in [0.717, 1.165) is 0 Å². The zero-order valence-corrected chi connectivity index (χ0v) is 6.16. The topological polar surface area (TPSA) is 52.6 Å². The van der Waals surface area contributed by atoms with Crippen LogP contribution in [-0.2, 0) is 4.79 Å². The molecule has 0 aromatic rings. The van der Waals surface area contributed by atoms with Gasteiger partial charge in [0.15, 0.2) is 0 Å². The fourth-order valence-electron chi connectivity index (χ4n) is 1.15. The van der Waals surface area contributed by atoms with Crippen molar-refractivity contribution in [3.05, 3.63) is 0 Å². The highest BCUT2D eigenvalue weighted by molar-refractivity contribution is 5.78. The average molecular weight is 144 g/mol. The maximum atomic E-state index is 10.7. The number of carbonyl (C=O) groups is 1. The summed E-state index contributed by atoms with van der Waals surface area (Å²) >= 11 is 0. The van der Waals surface area contributed by atoms with E-state index in [4.69, 9.17) is 5.11 Å². The fraction of sp³-hybridized carbons (Fsp3) is 0.833. The van der Waals surface area contributed by atoms with Crippen molar-refractivity contribution >= 4 is 5.91 Å². The average Bonchev–Trinajstić information content (AvgIpc) is 2.10. The summed E-state index contributed by atoms with van der Waals surface area (Å²) < 4.78 is 0. The molecule has 1 heterocycles. The molecule has 1 aliphatic rings. The van der Waals surface area contributed by atoms with Gasteiger partial charge in [0.1, 0.15) is 0 Å². The molecule has 0 aromatic carbocycles. The molecule has 4 nitrogen and oxygen atoms in total. The summed E-state index contributed by atoms with van der Waals surface area (Å²) in [6.45, 7) is 1.68. The van der Waals surface area contributed by atoms with Gasteiger partial charge in [0, 0.05) is 13.5 Å². The molecular weight excluding hydrogens is 132 g/mol. The number of likely N-dealkylation sites (N-methyl/N-ethyl adjacent to an activating group) is 1. The summed E-state index contributed by atoms with van der Waals surface area (Å²) in [7, 11) is 1.75. The maximum Gasteiger partial charge on any atom is 0.236 e. The Bertz CT molecular complexity index is 147. The molecule has 1 rings (SSSR count). The van der Waals surface area contributed by atoms with Crippen molar-refractivity contribution in [2.45, 2.75) is 25.5 Å². The van der Waals surface area contributed by atoms with E-state index >= 15 is 0 Å². The molecule has 0 radical (unpaired) electrons. The summed E-state index contributed by atoms with van der Waals surface area (Å²) in [4.78, 5) is 10.7. The Morgan fingerprint density at radius 2 is 2.50 bits per heavy atom. The molecule has 2 atom stereocenters. The van der Waals surface area contributed by atoms with E-state index < -0.39 is 6.10 Å². The molecule has 0 saturated carbocycles. The number of hydrogen-bond acceptors (Lipinski definition) is 3. The highest BCUT2D eigenvalue weighted by atomic mass is 16.3. The van der Waals surface area contributed by atoms with E-state index in [1.165, 1.54) is 0 Å². The van der Waals surface area contributed by atoms with Gasteiger partial charge in [-0.05, 0) is 6.92 Å². The summed E-state index contributed by atoms with van der Waals surface area (Å²) in [6.07, 6.45) is -0.0577. The zero-order valence-electron chi connectivity index (χ0n) is 6.16. The molecule has 58 valence electrons. The predicted molar refractivity (Wildman–Crippen MR) is 36.0 cm³/mol. The third-order valence-electron chi connectivity index (χ3n) is 1.75. The first-order valence-electron chi connectivity index (χ1n) is 3.31. The number of amides is 1. The molecule has 2 unspecified atom stereocenters. The van der Waals surface area contributed by atoms with E-state index in [0.29, 0.717) is 6.42 Å². The fourth-order valence-corrected chi connectivity index (χ4v) is 1.15. The predicted octanol–water partition coefficient (Wildman–Crippen LogP) is -0.897. The van der Waals surface area contributed by atoms with Crippen LogP contribution >= 0.6 is 0 Å². The summed E-state index contributed by atoms with van der Waals surface area (Å²) in [5.41, 5.74) is 2.58. The number of nitrogens with zero attached hydrogens (tertiary/aromatic N) is 1.